The first-order valence-electron chi connectivity index (χ1n) is 7.22. The molecule has 1 nitrogen and oxygen atoms in total. The van der Waals surface area contributed by atoms with Crippen molar-refractivity contribution in [2.75, 3.05) is 6.54 Å². The Kier molecular flexibility index (Phi) is 4.86. The molecule has 1 aliphatic rings. The van der Waals surface area contributed by atoms with Gasteiger partial charge in [0.05, 0.1) is 5.02 Å². The van der Waals surface area contributed by atoms with Crippen LogP contribution in [0.2, 0.25) is 5.02 Å². The van der Waals surface area contributed by atoms with Crippen LogP contribution in [-0.2, 0) is 6.42 Å². The van der Waals surface area contributed by atoms with Gasteiger partial charge in [0.15, 0.2) is 0 Å². The Balaban J connectivity index is 2.22. The molecular formula is C16H23ClFN. The van der Waals surface area contributed by atoms with Gasteiger partial charge in [-0.1, -0.05) is 44.4 Å². The molecule has 1 atom stereocenters. The van der Waals surface area contributed by atoms with Crippen molar-refractivity contribution >= 4 is 11.6 Å². The van der Waals surface area contributed by atoms with Crippen LogP contribution in [0.1, 0.15) is 45.1 Å². The molecule has 19 heavy (non-hydrogen) atoms. The second kappa shape index (κ2) is 6.23. The summed E-state index contributed by atoms with van der Waals surface area (Å²) in [6.07, 6.45) is 5.91. The van der Waals surface area contributed by atoms with Gasteiger partial charge in [0.1, 0.15) is 5.82 Å². The molecule has 0 saturated carbocycles. The quantitative estimate of drug-likeness (QED) is 0.856. The summed E-state index contributed by atoms with van der Waals surface area (Å²) in [6, 6.07) is 5.11. The van der Waals surface area contributed by atoms with Gasteiger partial charge >= 0.3 is 0 Å². The lowest BCUT2D eigenvalue weighted by molar-refractivity contribution is 0.226. The van der Waals surface area contributed by atoms with Gasteiger partial charge in [-0.15, -0.1) is 0 Å². The summed E-state index contributed by atoms with van der Waals surface area (Å²) in [7, 11) is 0. The van der Waals surface area contributed by atoms with Gasteiger partial charge in [0.25, 0.3) is 0 Å². The van der Waals surface area contributed by atoms with E-state index >= 15 is 0 Å². The summed E-state index contributed by atoms with van der Waals surface area (Å²) in [5, 5.41) is 3.97. The SMILES string of the molecule is CC(C)C1(Cc2ccc(F)c(Cl)c2)CCCCCN1. The number of nitrogens with one attached hydrogen (secondary N) is 1. The minimum Gasteiger partial charge on any atom is -0.311 e. The second-order valence-corrected chi connectivity index (χ2v) is 6.38. The van der Waals surface area contributed by atoms with E-state index in [0.29, 0.717) is 5.92 Å². The van der Waals surface area contributed by atoms with Crippen LogP contribution in [0, 0.1) is 11.7 Å². The number of benzene rings is 1. The summed E-state index contributed by atoms with van der Waals surface area (Å²) >= 11 is 5.89. The van der Waals surface area contributed by atoms with Crippen LogP contribution in [0.25, 0.3) is 0 Å². The number of rotatable bonds is 3. The lowest BCUT2D eigenvalue weighted by atomic mass is 9.77. The molecule has 2 rings (SSSR count). The van der Waals surface area contributed by atoms with Crippen molar-refractivity contribution < 1.29 is 4.39 Å². The maximum absolute atomic E-state index is 13.2. The fourth-order valence-corrected chi connectivity index (χ4v) is 3.23. The zero-order valence-corrected chi connectivity index (χ0v) is 12.6. The Morgan fingerprint density at radius 1 is 1.32 bits per heavy atom. The van der Waals surface area contributed by atoms with Crippen molar-refractivity contribution in [3.8, 4) is 0 Å². The van der Waals surface area contributed by atoms with E-state index in [1.54, 1.807) is 6.07 Å². The normalized spacial score (nSPS) is 24.5. The third-order valence-corrected chi connectivity index (χ3v) is 4.68. The smallest absolute Gasteiger partial charge is 0.141 e. The average molecular weight is 284 g/mol. The van der Waals surface area contributed by atoms with Gasteiger partial charge in [-0.2, -0.15) is 0 Å². The lowest BCUT2D eigenvalue weighted by Gasteiger charge is -2.38. The molecule has 0 aromatic heterocycles. The summed E-state index contributed by atoms with van der Waals surface area (Å²) < 4.78 is 13.2. The standard InChI is InChI=1S/C16H23ClFN/c1-12(2)16(8-4-3-5-9-19-16)11-13-6-7-15(18)14(17)10-13/h6-7,10,12,19H,3-5,8-9,11H2,1-2H3. The van der Waals surface area contributed by atoms with E-state index in [-0.39, 0.29) is 16.4 Å². The van der Waals surface area contributed by atoms with Crippen LogP contribution < -0.4 is 5.32 Å². The molecule has 0 radical (unpaired) electrons. The summed E-state index contributed by atoms with van der Waals surface area (Å²) in [5.74, 6) is 0.215. The molecule has 1 aromatic rings. The Labute approximate surface area is 120 Å². The van der Waals surface area contributed by atoms with Crippen molar-refractivity contribution in [2.24, 2.45) is 5.92 Å². The third-order valence-electron chi connectivity index (χ3n) is 4.39. The fraction of sp³-hybridized carbons (Fsp3) is 0.625. The maximum atomic E-state index is 13.2. The van der Waals surface area contributed by atoms with Gasteiger partial charge in [0, 0.05) is 5.54 Å². The van der Waals surface area contributed by atoms with Gasteiger partial charge in [-0.05, 0) is 49.4 Å². The Hall–Kier alpha value is -0.600. The van der Waals surface area contributed by atoms with Crippen LogP contribution >= 0.6 is 11.6 Å². The van der Waals surface area contributed by atoms with Crippen molar-refractivity contribution in [3.63, 3.8) is 0 Å². The second-order valence-electron chi connectivity index (χ2n) is 5.97. The largest absolute Gasteiger partial charge is 0.311 e. The first-order chi connectivity index (χ1) is 9.03. The van der Waals surface area contributed by atoms with Crippen LogP contribution in [0.5, 0.6) is 0 Å². The summed E-state index contributed by atoms with van der Waals surface area (Å²) in [4.78, 5) is 0. The molecule has 106 valence electrons. The van der Waals surface area contributed by atoms with E-state index in [2.05, 4.69) is 19.2 Å². The van der Waals surface area contributed by atoms with E-state index in [9.17, 15) is 4.39 Å². The lowest BCUT2D eigenvalue weighted by Crippen LogP contribution is -2.50. The third kappa shape index (κ3) is 3.49. The zero-order valence-electron chi connectivity index (χ0n) is 11.8. The van der Waals surface area contributed by atoms with Gasteiger partial charge < -0.3 is 5.32 Å². The van der Waals surface area contributed by atoms with Crippen molar-refractivity contribution in [1.82, 2.24) is 5.32 Å². The molecular weight excluding hydrogens is 261 g/mol. The molecule has 1 saturated heterocycles. The minimum absolute atomic E-state index is 0.123. The van der Waals surface area contributed by atoms with E-state index in [4.69, 9.17) is 11.6 Å². The summed E-state index contributed by atoms with van der Waals surface area (Å²) in [6.45, 7) is 5.61. The summed E-state index contributed by atoms with van der Waals surface area (Å²) in [5.41, 5.74) is 1.24. The first-order valence-corrected chi connectivity index (χ1v) is 7.60. The Morgan fingerprint density at radius 2 is 2.11 bits per heavy atom. The molecule has 3 heteroatoms. The zero-order chi connectivity index (χ0) is 13.9. The molecule has 1 aliphatic heterocycles. The van der Waals surface area contributed by atoms with Gasteiger partial charge in [-0.3, -0.25) is 0 Å². The number of hydrogen-bond donors (Lipinski definition) is 1. The highest BCUT2D eigenvalue weighted by atomic mass is 35.5. The van der Waals surface area contributed by atoms with Crippen LogP contribution in [0.15, 0.2) is 18.2 Å². The molecule has 1 unspecified atom stereocenters. The Morgan fingerprint density at radius 3 is 2.79 bits per heavy atom. The van der Waals surface area contributed by atoms with Crippen LogP contribution in [0.3, 0.4) is 0 Å². The van der Waals surface area contributed by atoms with Crippen molar-refractivity contribution in [2.45, 2.75) is 51.5 Å². The topological polar surface area (TPSA) is 12.0 Å². The van der Waals surface area contributed by atoms with Crippen LogP contribution in [-0.4, -0.2) is 12.1 Å². The molecule has 0 amide bonds. The predicted octanol–water partition coefficient (Wildman–Crippen LogP) is 4.58. The fourth-order valence-electron chi connectivity index (χ4n) is 3.03. The molecule has 1 fully saturated rings. The van der Waals surface area contributed by atoms with E-state index in [0.717, 1.165) is 18.5 Å². The molecule has 0 bridgehead atoms. The predicted molar refractivity (Wildman–Crippen MR) is 79.2 cm³/mol. The minimum atomic E-state index is -0.335. The molecule has 0 spiro atoms. The molecule has 1 N–H and O–H groups in total. The monoisotopic (exact) mass is 283 g/mol. The highest BCUT2D eigenvalue weighted by molar-refractivity contribution is 6.30. The highest BCUT2D eigenvalue weighted by Crippen LogP contribution is 2.31. The number of hydrogen-bond acceptors (Lipinski definition) is 1. The maximum Gasteiger partial charge on any atom is 0.141 e. The average Bonchev–Trinajstić information content (AvgIpc) is 2.60. The molecule has 1 aromatic carbocycles. The van der Waals surface area contributed by atoms with E-state index < -0.39 is 0 Å². The van der Waals surface area contributed by atoms with E-state index in [1.165, 1.54) is 31.7 Å². The highest BCUT2D eigenvalue weighted by Gasteiger charge is 2.34. The first kappa shape index (κ1) is 14.8. The number of halogens is 2. The van der Waals surface area contributed by atoms with Crippen molar-refractivity contribution in [1.29, 1.82) is 0 Å². The van der Waals surface area contributed by atoms with Crippen molar-refractivity contribution in [3.05, 3.63) is 34.6 Å². The van der Waals surface area contributed by atoms with Gasteiger partial charge in [-0.25, -0.2) is 4.39 Å². The molecule has 0 aliphatic carbocycles. The van der Waals surface area contributed by atoms with Gasteiger partial charge in [0.2, 0.25) is 0 Å². The van der Waals surface area contributed by atoms with E-state index in [1.807, 2.05) is 6.07 Å². The molecule has 1 heterocycles. The Bertz CT molecular complexity index is 423. The van der Waals surface area contributed by atoms with Crippen LogP contribution in [0.4, 0.5) is 4.39 Å².